The zero-order chi connectivity index (χ0) is 23.9. The van der Waals surface area contributed by atoms with Gasteiger partial charge in [0.05, 0.1) is 16.7 Å². The van der Waals surface area contributed by atoms with E-state index in [4.69, 9.17) is 18.9 Å². The molecule has 7 nitrogen and oxygen atoms in total. The first-order valence-electron chi connectivity index (χ1n) is 10.6. The molecule has 0 bridgehead atoms. The predicted octanol–water partition coefficient (Wildman–Crippen LogP) is 3.99. The zero-order valence-electron chi connectivity index (χ0n) is 17.9. The predicted molar refractivity (Wildman–Crippen MR) is 118 cm³/mol. The quantitative estimate of drug-likeness (QED) is 0.386. The summed E-state index contributed by atoms with van der Waals surface area (Å²) in [6.07, 6.45) is -6.31. The van der Waals surface area contributed by atoms with Crippen LogP contribution in [0.4, 0.5) is 4.39 Å². The van der Waals surface area contributed by atoms with Crippen molar-refractivity contribution in [3.8, 4) is 0 Å². The van der Waals surface area contributed by atoms with Crippen molar-refractivity contribution < 1.29 is 37.7 Å². The molecule has 174 valence electrons. The van der Waals surface area contributed by atoms with Crippen LogP contribution in [0.1, 0.15) is 31.1 Å². The van der Waals surface area contributed by atoms with Crippen molar-refractivity contribution in [2.75, 3.05) is 6.61 Å². The van der Waals surface area contributed by atoms with Crippen molar-refractivity contribution in [3.63, 3.8) is 0 Å². The number of benzene rings is 3. The molecule has 8 heteroatoms. The van der Waals surface area contributed by atoms with Gasteiger partial charge in [-0.3, -0.25) is 0 Å². The average molecular weight is 464 g/mol. The van der Waals surface area contributed by atoms with Crippen LogP contribution >= 0.6 is 0 Å². The number of halogens is 1. The van der Waals surface area contributed by atoms with E-state index in [1.54, 1.807) is 66.7 Å². The number of hydrogen-bond acceptors (Lipinski definition) is 7. The Morgan fingerprint density at radius 1 is 0.676 bits per heavy atom. The first-order chi connectivity index (χ1) is 16.5. The third-order valence-corrected chi connectivity index (χ3v) is 5.12. The maximum absolute atomic E-state index is 15.3. The van der Waals surface area contributed by atoms with E-state index < -0.39 is 49.2 Å². The smallest absolute Gasteiger partial charge is 0.340 e. The van der Waals surface area contributed by atoms with Crippen molar-refractivity contribution in [2.24, 2.45) is 0 Å². The van der Waals surface area contributed by atoms with Crippen LogP contribution in [-0.4, -0.2) is 49.2 Å². The van der Waals surface area contributed by atoms with E-state index in [1.807, 2.05) is 0 Å². The molecule has 3 aromatic rings. The molecule has 4 atom stereocenters. The summed E-state index contributed by atoms with van der Waals surface area (Å²) in [5, 5.41) is 0. The lowest BCUT2D eigenvalue weighted by molar-refractivity contribution is -0.129. The summed E-state index contributed by atoms with van der Waals surface area (Å²) in [4.78, 5) is 37.2. The molecule has 0 spiro atoms. The Bertz CT molecular complexity index is 1120. The van der Waals surface area contributed by atoms with Crippen LogP contribution in [0.3, 0.4) is 0 Å². The lowest BCUT2D eigenvalue weighted by atomic mass is 10.1. The van der Waals surface area contributed by atoms with Gasteiger partial charge in [-0.25, -0.2) is 18.8 Å². The number of carbonyl (C=O) groups is 3. The monoisotopic (exact) mass is 464 g/mol. The van der Waals surface area contributed by atoms with E-state index in [0.29, 0.717) is 5.56 Å². The summed E-state index contributed by atoms with van der Waals surface area (Å²) in [6, 6.07) is 24.2. The lowest BCUT2D eigenvalue weighted by Crippen LogP contribution is -2.37. The van der Waals surface area contributed by atoms with Gasteiger partial charge < -0.3 is 18.9 Å². The Morgan fingerprint density at radius 2 is 1.12 bits per heavy atom. The highest BCUT2D eigenvalue weighted by atomic mass is 19.1. The highest BCUT2D eigenvalue weighted by Gasteiger charge is 2.50. The van der Waals surface area contributed by atoms with Crippen molar-refractivity contribution >= 4 is 17.9 Å². The Kier molecular flexibility index (Phi) is 7.29. The summed E-state index contributed by atoms with van der Waals surface area (Å²) in [5.74, 6) is -2.24. The molecule has 0 aromatic heterocycles. The molecule has 0 amide bonds. The third kappa shape index (κ3) is 5.47. The molecule has 0 saturated carbocycles. The summed E-state index contributed by atoms with van der Waals surface area (Å²) < 4.78 is 36.6. The fraction of sp³-hybridized carbons (Fsp3) is 0.192. The van der Waals surface area contributed by atoms with Gasteiger partial charge in [0.15, 0.2) is 6.10 Å². The van der Waals surface area contributed by atoms with E-state index in [0.717, 1.165) is 0 Å². The maximum atomic E-state index is 15.3. The lowest BCUT2D eigenvalue weighted by Gasteiger charge is -2.19. The first kappa shape index (κ1) is 23.1. The van der Waals surface area contributed by atoms with E-state index in [1.165, 1.54) is 24.3 Å². The summed E-state index contributed by atoms with van der Waals surface area (Å²) in [5.41, 5.74) is 0.705. The molecule has 1 aliphatic heterocycles. The van der Waals surface area contributed by atoms with E-state index in [9.17, 15) is 14.4 Å². The number of esters is 3. The van der Waals surface area contributed by atoms with Crippen LogP contribution in [0.15, 0.2) is 91.0 Å². The number of ether oxygens (including phenoxy) is 4. The second-order valence-electron chi connectivity index (χ2n) is 7.46. The van der Waals surface area contributed by atoms with Gasteiger partial charge in [0.25, 0.3) is 0 Å². The normalized spacial score (nSPS) is 21.4. The number of carbonyl (C=O) groups excluding carboxylic acids is 3. The molecule has 4 rings (SSSR count). The SMILES string of the molecule is O=C(OC[C@@H]1O[C@H](OC(=O)c2ccccc2)[C@H](F)C1OC(=O)c1ccccc1)c1ccccc1. The Balaban J connectivity index is 1.47. The molecular weight excluding hydrogens is 443 g/mol. The minimum Gasteiger partial charge on any atom is -0.459 e. The first-order valence-corrected chi connectivity index (χ1v) is 10.6. The van der Waals surface area contributed by atoms with Crippen LogP contribution in [0.2, 0.25) is 0 Å². The molecule has 1 unspecified atom stereocenters. The number of rotatable bonds is 7. The topological polar surface area (TPSA) is 88.1 Å². The Labute approximate surface area is 195 Å². The van der Waals surface area contributed by atoms with Crippen LogP contribution in [-0.2, 0) is 18.9 Å². The molecule has 1 heterocycles. The minimum atomic E-state index is -2.00. The van der Waals surface area contributed by atoms with E-state index in [-0.39, 0.29) is 11.1 Å². The van der Waals surface area contributed by atoms with Crippen molar-refractivity contribution in [2.45, 2.75) is 24.7 Å². The van der Waals surface area contributed by atoms with Crippen LogP contribution in [0, 0.1) is 0 Å². The number of alkyl halides is 1. The van der Waals surface area contributed by atoms with Gasteiger partial charge in [-0.1, -0.05) is 54.6 Å². The zero-order valence-corrected chi connectivity index (χ0v) is 17.9. The fourth-order valence-electron chi connectivity index (χ4n) is 3.38. The highest BCUT2D eigenvalue weighted by molar-refractivity contribution is 5.90. The largest absolute Gasteiger partial charge is 0.459 e. The summed E-state index contributed by atoms with van der Waals surface area (Å²) in [6.45, 7) is -0.416. The van der Waals surface area contributed by atoms with Crippen molar-refractivity contribution in [3.05, 3.63) is 108 Å². The maximum Gasteiger partial charge on any atom is 0.340 e. The van der Waals surface area contributed by atoms with Crippen molar-refractivity contribution in [1.82, 2.24) is 0 Å². The van der Waals surface area contributed by atoms with Gasteiger partial charge in [0, 0.05) is 0 Å². The standard InChI is InChI=1S/C26H21FO7/c27-21-22(33-24(29)18-12-6-2-7-13-18)20(16-31-23(28)17-10-4-1-5-11-17)32-26(21)34-25(30)19-14-8-3-9-15-19/h1-15,20-22,26H,16H2/t20-,21+,22?,26+/m0/s1. The molecule has 0 radical (unpaired) electrons. The molecule has 1 saturated heterocycles. The fourth-order valence-corrected chi connectivity index (χ4v) is 3.38. The molecule has 0 aliphatic carbocycles. The molecule has 0 N–H and O–H groups in total. The van der Waals surface area contributed by atoms with Crippen LogP contribution < -0.4 is 0 Å². The molecule has 34 heavy (non-hydrogen) atoms. The molecular formula is C26H21FO7. The van der Waals surface area contributed by atoms with Crippen molar-refractivity contribution in [1.29, 1.82) is 0 Å². The molecule has 3 aromatic carbocycles. The van der Waals surface area contributed by atoms with Gasteiger partial charge in [-0.05, 0) is 36.4 Å². The summed E-state index contributed by atoms with van der Waals surface area (Å²) in [7, 11) is 0. The van der Waals surface area contributed by atoms with E-state index in [2.05, 4.69) is 0 Å². The second kappa shape index (κ2) is 10.7. The highest BCUT2D eigenvalue weighted by Crippen LogP contribution is 2.29. The van der Waals surface area contributed by atoms with Gasteiger partial charge in [-0.2, -0.15) is 0 Å². The second-order valence-corrected chi connectivity index (χ2v) is 7.46. The average Bonchev–Trinajstić information content (AvgIpc) is 3.17. The third-order valence-electron chi connectivity index (χ3n) is 5.12. The van der Waals surface area contributed by atoms with Gasteiger partial charge in [-0.15, -0.1) is 0 Å². The molecule has 1 fully saturated rings. The van der Waals surface area contributed by atoms with E-state index >= 15 is 4.39 Å². The van der Waals surface area contributed by atoms with Crippen LogP contribution in [0.5, 0.6) is 0 Å². The molecule has 1 aliphatic rings. The van der Waals surface area contributed by atoms with Gasteiger partial charge >= 0.3 is 17.9 Å². The Hall–Kier alpha value is -4.04. The van der Waals surface area contributed by atoms with Gasteiger partial charge in [0.2, 0.25) is 12.5 Å². The summed E-state index contributed by atoms with van der Waals surface area (Å²) >= 11 is 0. The Morgan fingerprint density at radius 3 is 1.62 bits per heavy atom. The minimum absolute atomic E-state index is 0.204. The van der Waals surface area contributed by atoms with Crippen LogP contribution in [0.25, 0.3) is 0 Å². The number of hydrogen-bond donors (Lipinski definition) is 0. The van der Waals surface area contributed by atoms with Gasteiger partial charge in [0.1, 0.15) is 12.7 Å².